The number of nitrogens with zero attached hydrogens (tertiary/aromatic N) is 3. The van der Waals surface area contributed by atoms with Crippen molar-refractivity contribution in [1.82, 2.24) is 14.8 Å². The lowest BCUT2D eigenvalue weighted by molar-refractivity contribution is 0.185. The van der Waals surface area contributed by atoms with Crippen LogP contribution >= 0.6 is 15.9 Å². The van der Waals surface area contributed by atoms with Crippen molar-refractivity contribution in [3.63, 3.8) is 0 Å². The van der Waals surface area contributed by atoms with Crippen LogP contribution in [0.3, 0.4) is 0 Å². The van der Waals surface area contributed by atoms with Crippen LogP contribution in [0.1, 0.15) is 50.2 Å². The summed E-state index contributed by atoms with van der Waals surface area (Å²) >= 11 is 3.49. The van der Waals surface area contributed by atoms with Crippen molar-refractivity contribution in [2.75, 3.05) is 13.7 Å². The second-order valence-electron chi connectivity index (χ2n) is 5.37. The van der Waals surface area contributed by atoms with Gasteiger partial charge in [0.25, 0.3) is 0 Å². The summed E-state index contributed by atoms with van der Waals surface area (Å²) in [4.78, 5) is 0. The zero-order valence-electron chi connectivity index (χ0n) is 11.8. The normalized spacial score (nSPS) is 17.6. The molecule has 5 heteroatoms. The number of halogens is 1. The van der Waals surface area contributed by atoms with E-state index in [1.807, 2.05) is 0 Å². The van der Waals surface area contributed by atoms with Gasteiger partial charge >= 0.3 is 0 Å². The average Bonchev–Trinajstić information content (AvgIpc) is 2.62. The molecule has 0 N–H and O–H groups in total. The van der Waals surface area contributed by atoms with Crippen molar-refractivity contribution in [3.8, 4) is 0 Å². The smallest absolute Gasteiger partial charge is 0.143 e. The van der Waals surface area contributed by atoms with Gasteiger partial charge < -0.3 is 9.30 Å². The summed E-state index contributed by atoms with van der Waals surface area (Å²) in [7, 11) is 1.74. The van der Waals surface area contributed by atoms with E-state index in [1.165, 1.54) is 38.5 Å². The minimum Gasteiger partial charge on any atom is -0.383 e. The predicted molar refractivity (Wildman–Crippen MR) is 79.4 cm³/mol. The topological polar surface area (TPSA) is 39.9 Å². The van der Waals surface area contributed by atoms with Crippen LogP contribution in [0.15, 0.2) is 0 Å². The molecule has 4 nitrogen and oxygen atoms in total. The molecular formula is C14H24BrN3O. The lowest BCUT2D eigenvalue weighted by Crippen LogP contribution is -2.14. The summed E-state index contributed by atoms with van der Waals surface area (Å²) in [5, 5.41) is 9.44. The van der Waals surface area contributed by atoms with Gasteiger partial charge in [-0.15, -0.1) is 10.2 Å². The average molecular weight is 330 g/mol. The maximum atomic E-state index is 5.19. The van der Waals surface area contributed by atoms with Crippen LogP contribution in [0.25, 0.3) is 0 Å². The van der Waals surface area contributed by atoms with Gasteiger partial charge in [-0.3, -0.25) is 0 Å². The highest BCUT2D eigenvalue weighted by Gasteiger charge is 2.18. The molecular weight excluding hydrogens is 306 g/mol. The van der Waals surface area contributed by atoms with Crippen molar-refractivity contribution in [1.29, 1.82) is 0 Å². The van der Waals surface area contributed by atoms with Crippen molar-refractivity contribution < 1.29 is 4.74 Å². The van der Waals surface area contributed by atoms with E-state index in [9.17, 15) is 0 Å². The largest absolute Gasteiger partial charge is 0.383 e. The van der Waals surface area contributed by atoms with Crippen LogP contribution < -0.4 is 0 Å². The first kappa shape index (κ1) is 15.0. The number of alkyl halides is 1. The molecule has 0 aromatic carbocycles. The van der Waals surface area contributed by atoms with E-state index >= 15 is 0 Å². The van der Waals surface area contributed by atoms with E-state index < -0.39 is 0 Å². The molecule has 19 heavy (non-hydrogen) atoms. The van der Waals surface area contributed by atoms with Gasteiger partial charge in [0.05, 0.1) is 11.9 Å². The number of hydrogen-bond donors (Lipinski definition) is 0. The fraction of sp³-hybridized carbons (Fsp3) is 0.857. The van der Waals surface area contributed by atoms with Gasteiger partial charge in [-0.1, -0.05) is 54.5 Å². The van der Waals surface area contributed by atoms with Crippen LogP contribution in [-0.2, 0) is 23.0 Å². The monoisotopic (exact) mass is 329 g/mol. The first-order valence-electron chi connectivity index (χ1n) is 7.31. The molecule has 1 aliphatic rings. The van der Waals surface area contributed by atoms with Gasteiger partial charge in [0.1, 0.15) is 11.6 Å². The Labute approximate surface area is 124 Å². The van der Waals surface area contributed by atoms with Gasteiger partial charge in [0.15, 0.2) is 0 Å². The quantitative estimate of drug-likeness (QED) is 0.593. The molecule has 1 fully saturated rings. The molecule has 0 unspecified atom stereocenters. The summed E-state index contributed by atoms with van der Waals surface area (Å²) in [5.74, 6) is 2.94. The third kappa shape index (κ3) is 4.28. The second kappa shape index (κ2) is 8.00. The van der Waals surface area contributed by atoms with Crippen LogP contribution in [0.5, 0.6) is 0 Å². The zero-order valence-corrected chi connectivity index (χ0v) is 13.4. The first-order chi connectivity index (χ1) is 9.35. The molecule has 1 aromatic rings. The molecule has 1 saturated carbocycles. The van der Waals surface area contributed by atoms with E-state index in [0.717, 1.165) is 42.5 Å². The molecule has 0 atom stereocenters. The minimum absolute atomic E-state index is 0.718. The predicted octanol–water partition coefficient (Wildman–Crippen LogP) is 3.33. The number of methoxy groups -OCH3 is 1. The first-order valence-corrected chi connectivity index (χ1v) is 8.43. The van der Waals surface area contributed by atoms with E-state index in [-0.39, 0.29) is 0 Å². The molecule has 108 valence electrons. The van der Waals surface area contributed by atoms with E-state index in [1.54, 1.807) is 7.11 Å². The number of ether oxygens (including phenoxy) is 1. The van der Waals surface area contributed by atoms with Crippen molar-refractivity contribution in [3.05, 3.63) is 11.6 Å². The maximum absolute atomic E-state index is 5.19. The fourth-order valence-corrected chi connectivity index (χ4v) is 3.30. The summed E-state index contributed by atoms with van der Waals surface area (Å²) in [6, 6.07) is 0. The Kier molecular flexibility index (Phi) is 6.31. The Morgan fingerprint density at radius 2 is 1.84 bits per heavy atom. The molecule has 0 spiro atoms. The molecule has 1 heterocycles. The van der Waals surface area contributed by atoms with Gasteiger partial charge in [0, 0.05) is 20.1 Å². The minimum atomic E-state index is 0.718. The Hall–Kier alpha value is -0.420. The number of rotatable bonds is 6. The van der Waals surface area contributed by atoms with Gasteiger partial charge in [-0.05, 0) is 5.92 Å². The van der Waals surface area contributed by atoms with Crippen LogP contribution in [-0.4, -0.2) is 28.5 Å². The molecule has 0 saturated heterocycles. The van der Waals surface area contributed by atoms with Crippen molar-refractivity contribution in [2.24, 2.45) is 5.92 Å². The molecule has 0 bridgehead atoms. The molecule has 0 aliphatic heterocycles. The molecule has 0 amide bonds. The van der Waals surface area contributed by atoms with E-state index in [4.69, 9.17) is 4.74 Å². The number of aromatic nitrogens is 3. The van der Waals surface area contributed by atoms with Crippen LogP contribution in [0, 0.1) is 5.92 Å². The number of hydrogen-bond acceptors (Lipinski definition) is 3. The van der Waals surface area contributed by atoms with Gasteiger partial charge in [0.2, 0.25) is 0 Å². The van der Waals surface area contributed by atoms with E-state index in [2.05, 4.69) is 30.7 Å². The Bertz CT molecular complexity index is 373. The van der Waals surface area contributed by atoms with Crippen LogP contribution in [0.2, 0.25) is 0 Å². The summed E-state index contributed by atoms with van der Waals surface area (Å²) in [6.07, 6.45) is 9.33. The Morgan fingerprint density at radius 1 is 1.16 bits per heavy atom. The van der Waals surface area contributed by atoms with E-state index in [0.29, 0.717) is 0 Å². The summed E-state index contributed by atoms with van der Waals surface area (Å²) in [5.41, 5.74) is 0. The molecule has 2 rings (SSSR count). The highest BCUT2D eigenvalue weighted by atomic mass is 79.9. The second-order valence-corrected chi connectivity index (χ2v) is 5.93. The SMILES string of the molecule is COCCn1c(CBr)nnc1CC1CCCCCC1. The summed E-state index contributed by atoms with van der Waals surface area (Å²) < 4.78 is 7.41. The lowest BCUT2D eigenvalue weighted by Gasteiger charge is -2.15. The third-order valence-electron chi connectivity index (χ3n) is 3.99. The zero-order chi connectivity index (χ0) is 13.5. The standard InChI is InChI=1S/C14H24BrN3O/c1-19-9-8-18-13(16-17-14(18)11-15)10-12-6-4-2-3-5-7-12/h12H,2-11H2,1H3. The molecule has 0 radical (unpaired) electrons. The third-order valence-corrected chi connectivity index (χ3v) is 4.49. The van der Waals surface area contributed by atoms with Crippen molar-refractivity contribution in [2.45, 2.75) is 56.8 Å². The maximum Gasteiger partial charge on any atom is 0.143 e. The van der Waals surface area contributed by atoms with Gasteiger partial charge in [-0.2, -0.15) is 0 Å². The Morgan fingerprint density at radius 3 is 2.47 bits per heavy atom. The molecule has 1 aromatic heterocycles. The summed E-state index contributed by atoms with van der Waals surface area (Å²) in [6.45, 7) is 1.57. The highest BCUT2D eigenvalue weighted by Crippen LogP contribution is 2.25. The Balaban J connectivity index is 2.03. The lowest BCUT2D eigenvalue weighted by atomic mass is 9.96. The molecule has 1 aliphatic carbocycles. The highest BCUT2D eigenvalue weighted by molar-refractivity contribution is 9.08. The van der Waals surface area contributed by atoms with Crippen molar-refractivity contribution >= 4 is 15.9 Å². The van der Waals surface area contributed by atoms with Crippen LogP contribution in [0.4, 0.5) is 0 Å². The fourth-order valence-electron chi connectivity index (χ4n) is 2.89. The van der Waals surface area contributed by atoms with Gasteiger partial charge in [-0.25, -0.2) is 0 Å².